The Morgan fingerprint density at radius 2 is 2.00 bits per heavy atom. The average Bonchev–Trinajstić information content (AvgIpc) is 3.20. The topological polar surface area (TPSA) is 134 Å². The largest absolute Gasteiger partial charge is 0.369 e. The Kier molecular flexibility index (Phi) is 5.68. The van der Waals surface area contributed by atoms with Crippen LogP contribution in [-0.2, 0) is 11.3 Å². The fraction of sp³-hybridized carbons (Fsp3) is 0.273. The first-order chi connectivity index (χ1) is 14.9. The van der Waals surface area contributed by atoms with Gasteiger partial charge in [0.1, 0.15) is 11.2 Å². The number of hydrogen-bond acceptors (Lipinski definition) is 5. The van der Waals surface area contributed by atoms with Gasteiger partial charge >= 0.3 is 0 Å². The number of likely N-dealkylation sites (tertiary alicyclic amines) is 1. The van der Waals surface area contributed by atoms with Crippen LogP contribution in [0.25, 0.3) is 10.9 Å². The molecule has 1 aliphatic rings. The second-order valence-corrected chi connectivity index (χ2v) is 7.81. The summed E-state index contributed by atoms with van der Waals surface area (Å²) in [5.41, 5.74) is 7.64. The van der Waals surface area contributed by atoms with Crippen LogP contribution >= 0.6 is 0 Å². The third-order valence-corrected chi connectivity index (χ3v) is 5.60. The van der Waals surface area contributed by atoms with Crippen LogP contribution in [0, 0.1) is 16.0 Å². The molecule has 2 aromatic carbocycles. The molecule has 1 unspecified atom stereocenters. The van der Waals surface area contributed by atoms with Crippen molar-refractivity contribution in [2.45, 2.75) is 19.4 Å². The molecule has 0 saturated carbocycles. The van der Waals surface area contributed by atoms with Crippen molar-refractivity contribution in [2.75, 3.05) is 18.4 Å². The lowest BCUT2D eigenvalue weighted by Crippen LogP contribution is -2.40. The van der Waals surface area contributed by atoms with Crippen molar-refractivity contribution in [2.24, 2.45) is 11.7 Å². The van der Waals surface area contributed by atoms with Crippen molar-refractivity contribution in [3.8, 4) is 0 Å². The maximum Gasteiger partial charge on any atom is 0.293 e. The number of H-pyrrole nitrogens is 1. The van der Waals surface area contributed by atoms with Crippen molar-refractivity contribution < 1.29 is 14.5 Å². The quantitative estimate of drug-likeness (QED) is 0.415. The number of nitrogens with zero attached hydrogens (tertiary/aromatic N) is 2. The van der Waals surface area contributed by atoms with E-state index in [1.165, 1.54) is 6.07 Å². The molecule has 1 aromatic heterocycles. The standard InChI is InChI=1S/C22H23N5O4/c23-21(28)16-4-2-10-26(13-16)12-14-6-8-17(9-7-14)24-22(29)18-11-15-3-1-5-19(27(30)31)20(15)25-18/h1,3,5-9,11,16,25H,2,4,10,12-13H2,(H2,23,28)(H,24,29). The fourth-order valence-corrected chi connectivity index (χ4v) is 4.00. The number of rotatable bonds is 6. The lowest BCUT2D eigenvalue weighted by molar-refractivity contribution is -0.383. The van der Waals surface area contributed by atoms with E-state index in [2.05, 4.69) is 15.2 Å². The highest BCUT2D eigenvalue weighted by Crippen LogP contribution is 2.26. The number of carbonyl (C=O) groups is 2. The zero-order chi connectivity index (χ0) is 22.0. The maximum atomic E-state index is 12.6. The highest BCUT2D eigenvalue weighted by molar-refractivity contribution is 6.06. The van der Waals surface area contributed by atoms with Gasteiger partial charge in [-0.2, -0.15) is 0 Å². The maximum absolute atomic E-state index is 12.6. The molecule has 0 bridgehead atoms. The summed E-state index contributed by atoms with van der Waals surface area (Å²) in [6.07, 6.45) is 1.79. The summed E-state index contributed by atoms with van der Waals surface area (Å²) >= 11 is 0. The van der Waals surface area contributed by atoms with E-state index in [1.807, 2.05) is 24.3 Å². The number of nitrogens with two attached hydrogens (primary N) is 1. The zero-order valence-electron chi connectivity index (χ0n) is 16.8. The minimum Gasteiger partial charge on any atom is -0.369 e. The number of non-ortho nitro benzene ring substituents is 1. The van der Waals surface area contributed by atoms with Crippen molar-refractivity contribution >= 4 is 34.1 Å². The number of aromatic amines is 1. The van der Waals surface area contributed by atoms with E-state index in [4.69, 9.17) is 5.73 Å². The van der Waals surface area contributed by atoms with Crippen LogP contribution in [0.15, 0.2) is 48.5 Å². The van der Waals surface area contributed by atoms with Gasteiger partial charge in [-0.3, -0.25) is 24.6 Å². The molecule has 31 heavy (non-hydrogen) atoms. The summed E-state index contributed by atoms with van der Waals surface area (Å²) in [7, 11) is 0. The molecule has 0 radical (unpaired) electrons. The summed E-state index contributed by atoms with van der Waals surface area (Å²) < 4.78 is 0. The predicted octanol–water partition coefficient (Wildman–Crippen LogP) is 3.03. The van der Waals surface area contributed by atoms with Crippen molar-refractivity contribution in [3.05, 3.63) is 69.9 Å². The molecule has 1 fully saturated rings. The van der Waals surface area contributed by atoms with Gasteiger partial charge in [-0.1, -0.05) is 24.3 Å². The van der Waals surface area contributed by atoms with Gasteiger partial charge in [0.05, 0.1) is 10.8 Å². The van der Waals surface area contributed by atoms with Crippen LogP contribution in [0.5, 0.6) is 0 Å². The van der Waals surface area contributed by atoms with Gasteiger partial charge in [0, 0.05) is 30.2 Å². The Bertz CT molecular complexity index is 1140. The molecule has 9 nitrogen and oxygen atoms in total. The predicted molar refractivity (Wildman–Crippen MR) is 117 cm³/mol. The lowest BCUT2D eigenvalue weighted by Gasteiger charge is -2.31. The molecule has 4 rings (SSSR count). The molecule has 160 valence electrons. The number of nitro groups is 1. The molecule has 2 heterocycles. The molecule has 2 amide bonds. The number of amides is 2. The SMILES string of the molecule is NC(=O)C1CCCN(Cc2ccc(NC(=O)c3cc4cccc([N+](=O)[O-])c4[nH]3)cc2)C1. The van der Waals surface area contributed by atoms with Gasteiger partial charge < -0.3 is 16.0 Å². The van der Waals surface area contributed by atoms with Crippen molar-refractivity contribution in [3.63, 3.8) is 0 Å². The first kappa shape index (κ1) is 20.5. The van der Waals surface area contributed by atoms with Gasteiger partial charge in [0.25, 0.3) is 11.6 Å². The number of para-hydroxylation sites is 1. The summed E-state index contributed by atoms with van der Waals surface area (Å²) in [6.45, 7) is 2.30. The summed E-state index contributed by atoms with van der Waals surface area (Å²) in [6, 6.07) is 13.8. The minimum absolute atomic E-state index is 0.0720. The number of anilines is 1. The molecular weight excluding hydrogens is 398 g/mol. The molecule has 0 spiro atoms. The van der Waals surface area contributed by atoms with E-state index in [1.54, 1.807) is 18.2 Å². The number of hydrogen-bond donors (Lipinski definition) is 3. The van der Waals surface area contributed by atoms with Gasteiger partial charge in [-0.15, -0.1) is 0 Å². The molecule has 1 aliphatic heterocycles. The Labute approximate surface area is 178 Å². The van der Waals surface area contributed by atoms with E-state index in [0.29, 0.717) is 29.7 Å². The summed E-state index contributed by atoms with van der Waals surface area (Å²) in [5, 5.41) is 14.6. The lowest BCUT2D eigenvalue weighted by atomic mass is 9.97. The number of piperidine rings is 1. The molecule has 1 saturated heterocycles. The Balaban J connectivity index is 1.41. The molecule has 9 heteroatoms. The first-order valence-corrected chi connectivity index (χ1v) is 10.1. The number of aromatic nitrogens is 1. The average molecular weight is 421 g/mol. The van der Waals surface area contributed by atoms with Gasteiger partial charge in [-0.25, -0.2) is 0 Å². The van der Waals surface area contributed by atoms with Gasteiger partial charge in [0.15, 0.2) is 0 Å². The molecule has 3 aromatic rings. The summed E-state index contributed by atoms with van der Waals surface area (Å²) in [4.78, 5) is 39.8. The molecule has 1 atom stereocenters. The van der Waals surface area contributed by atoms with E-state index in [0.717, 1.165) is 24.9 Å². The Morgan fingerprint density at radius 3 is 2.71 bits per heavy atom. The zero-order valence-corrected chi connectivity index (χ0v) is 16.8. The summed E-state index contributed by atoms with van der Waals surface area (Å²) in [5.74, 6) is -0.719. The number of primary amides is 1. The molecule has 4 N–H and O–H groups in total. The monoisotopic (exact) mass is 421 g/mol. The molecular formula is C22H23N5O4. The van der Waals surface area contributed by atoms with Crippen molar-refractivity contribution in [1.29, 1.82) is 0 Å². The number of nitro benzene ring substituents is 1. The molecule has 0 aliphatic carbocycles. The highest BCUT2D eigenvalue weighted by Gasteiger charge is 2.24. The van der Waals surface area contributed by atoms with Crippen molar-refractivity contribution in [1.82, 2.24) is 9.88 Å². The van der Waals surface area contributed by atoms with Crippen LogP contribution in [0.3, 0.4) is 0 Å². The Hall–Kier alpha value is -3.72. The van der Waals surface area contributed by atoms with E-state index < -0.39 is 4.92 Å². The second kappa shape index (κ2) is 8.57. The van der Waals surface area contributed by atoms with Gasteiger partial charge in [-0.05, 0) is 43.1 Å². The third kappa shape index (κ3) is 4.56. The van der Waals surface area contributed by atoms with E-state index >= 15 is 0 Å². The third-order valence-electron chi connectivity index (χ3n) is 5.60. The van der Waals surface area contributed by atoms with Crippen LogP contribution in [0.1, 0.15) is 28.9 Å². The van der Waals surface area contributed by atoms with E-state index in [9.17, 15) is 19.7 Å². The Morgan fingerprint density at radius 1 is 1.23 bits per heavy atom. The highest BCUT2D eigenvalue weighted by atomic mass is 16.6. The second-order valence-electron chi connectivity index (χ2n) is 7.81. The fourth-order valence-electron chi connectivity index (χ4n) is 4.00. The van der Waals surface area contributed by atoms with Crippen LogP contribution in [0.4, 0.5) is 11.4 Å². The first-order valence-electron chi connectivity index (χ1n) is 10.1. The number of fused-ring (bicyclic) bond motifs is 1. The normalized spacial score (nSPS) is 16.8. The van der Waals surface area contributed by atoms with Crippen LogP contribution in [0.2, 0.25) is 0 Å². The number of benzene rings is 2. The van der Waals surface area contributed by atoms with Gasteiger partial charge in [0.2, 0.25) is 5.91 Å². The smallest absolute Gasteiger partial charge is 0.293 e. The van der Waals surface area contributed by atoms with Crippen LogP contribution in [-0.4, -0.2) is 39.7 Å². The number of carbonyl (C=O) groups excluding carboxylic acids is 2. The number of nitrogens with one attached hydrogen (secondary N) is 2. The van der Waals surface area contributed by atoms with E-state index in [-0.39, 0.29) is 29.1 Å². The minimum atomic E-state index is -0.479. The van der Waals surface area contributed by atoms with Crippen LogP contribution < -0.4 is 11.1 Å².